The molecule has 2 aromatic rings. The Labute approximate surface area is 134 Å². The third-order valence-electron chi connectivity index (χ3n) is 3.82. The number of aromatic nitrogens is 4. The van der Waals surface area contributed by atoms with Crippen LogP contribution >= 0.6 is 0 Å². The number of nitrogens with two attached hydrogens (primary N) is 1. The van der Waals surface area contributed by atoms with E-state index in [1.807, 2.05) is 24.0 Å². The number of piperazine rings is 1. The quantitative estimate of drug-likeness (QED) is 0.854. The lowest BCUT2D eigenvalue weighted by atomic mass is 10.2. The van der Waals surface area contributed by atoms with Gasteiger partial charge in [-0.15, -0.1) is 5.10 Å². The number of amides is 1. The summed E-state index contributed by atoms with van der Waals surface area (Å²) in [5, 5.41) is 8.27. The van der Waals surface area contributed by atoms with E-state index in [0.29, 0.717) is 19.5 Å². The van der Waals surface area contributed by atoms with Crippen molar-refractivity contribution in [2.45, 2.75) is 13.3 Å². The Hall–Kier alpha value is -2.77. The van der Waals surface area contributed by atoms with Gasteiger partial charge in [0.15, 0.2) is 5.82 Å². The molecule has 0 radical (unpaired) electrons. The van der Waals surface area contributed by atoms with Crippen LogP contribution in [-0.2, 0) is 11.2 Å². The smallest absolute Gasteiger partial charge is 0.227 e. The molecule has 0 aliphatic carbocycles. The minimum atomic E-state index is 0.0769. The van der Waals surface area contributed by atoms with Gasteiger partial charge in [-0.05, 0) is 24.6 Å². The normalized spacial score (nSPS) is 14.8. The second-order valence-electron chi connectivity index (χ2n) is 5.53. The predicted molar refractivity (Wildman–Crippen MR) is 85.7 cm³/mol. The van der Waals surface area contributed by atoms with E-state index in [4.69, 9.17) is 5.73 Å². The van der Waals surface area contributed by atoms with Crippen molar-refractivity contribution in [3.8, 4) is 0 Å². The molecule has 2 aromatic heterocycles. The van der Waals surface area contributed by atoms with Crippen molar-refractivity contribution < 1.29 is 4.79 Å². The number of rotatable bonds is 3. The first-order valence-corrected chi connectivity index (χ1v) is 7.51. The second-order valence-corrected chi connectivity index (χ2v) is 5.53. The second kappa shape index (κ2) is 6.55. The zero-order valence-corrected chi connectivity index (χ0v) is 13.0. The fraction of sp³-hybridized carbons (Fsp3) is 0.400. The molecule has 1 saturated heterocycles. The maximum Gasteiger partial charge on any atom is 0.227 e. The first-order valence-electron chi connectivity index (χ1n) is 7.51. The molecule has 1 aliphatic heterocycles. The van der Waals surface area contributed by atoms with Gasteiger partial charge in [-0.3, -0.25) is 4.79 Å². The van der Waals surface area contributed by atoms with Gasteiger partial charge in [-0.1, -0.05) is 0 Å². The maximum atomic E-state index is 12.3. The molecule has 1 fully saturated rings. The lowest BCUT2D eigenvalue weighted by Crippen LogP contribution is -2.49. The summed E-state index contributed by atoms with van der Waals surface area (Å²) in [6.45, 7) is 4.76. The van der Waals surface area contributed by atoms with Crippen molar-refractivity contribution >= 4 is 17.7 Å². The monoisotopic (exact) mass is 313 g/mol. The molecule has 0 aromatic carbocycles. The van der Waals surface area contributed by atoms with Gasteiger partial charge in [0.1, 0.15) is 0 Å². The highest BCUT2D eigenvalue weighted by Crippen LogP contribution is 2.13. The van der Waals surface area contributed by atoms with Crippen molar-refractivity contribution in [2.75, 3.05) is 36.8 Å². The van der Waals surface area contributed by atoms with Gasteiger partial charge in [-0.2, -0.15) is 5.10 Å². The third kappa shape index (κ3) is 3.71. The van der Waals surface area contributed by atoms with Crippen LogP contribution in [0.2, 0.25) is 0 Å². The number of nitrogens with zero attached hydrogens (tertiary/aromatic N) is 6. The van der Waals surface area contributed by atoms with Gasteiger partial charge >= 0.3 is 0 Å². The fourth-order valence-electron chi connectivity index (χ4n) is 2.49. The highest BCUT2D eigenvalue weighted by molar-refractivity contribution is 5.79. The number of hydrogen-bond acceptors (Lipinski definition) is 7. The molecule has 0 bridgehead atoms. The number of hydrogen-bond donors (Lipinski definition) is 1. The summed E-state index contributed by atoms with van der Waals surface area (Å²) >= 11 is 0. The zero-order valence-electron chi connectivity index (χ0n) is 13.0. The van der Waals surface area contributed by atoms with Crippen molar-refractivity contribution in [3.05, 3.63) is 35.8 Å². The number of aryl methyl sites for hydroxylation is 1. The lowest BCUT2D eigenvalue weighted by Gasteiger charge is -2.35. The molecule has 120 valence electrons. The Morgan fingerprint density at radius 3 is 2.43 bits per heavy atom. The molecule has 0 atom stereocenters. The summed E-state index contributed by atoms with van der Waals surface area (Å²) < 4.78 is 0. The van der Waals surface area contributed by atoms with Crippen LogP contribution in [0, 0.1) is 6.92 Å². The van der Waals surface area contributed by atoms with Crippen LogP contribution < -0.4 is 10.6 Å². The van der Waals surface area contributed by atoms with Gasteiger partial charge in [0.2, 0.25) is 11.9 Å². The molecular formula is C15H19N7O. The molecule has 3 heterocycles. The van der Waals surface area contributed by atoms with Gasteiger partial charge < -0.3 is 15.5 Å². The van der Waals surface area contributed by atoms with E-state index in [0.717, 1.165) is 30.2 Å². The molecular weight excluding hydrogens is 294 g/mol. The van der Waals surface area contributed by atoms with Crippen molar-refractivity contribution in [3.63, 3.8) is 0 Å². The van der Waals surface area contributed by atoms with E-state index >= 15 is 0 Å². The Morgan fingerprint density at radius 1 is 1.13 bits per heavy atom. The van der Waals surface area contributed by atoms with Crippen LogP contribution in [0.5, 0.6) is 0 Å². The number of anilines is 2. The Morgan fingerprint density at radius 2 is 1.83 bits per heavy atom. The summed E-state index contributed by atoms with van der Waals surface area (Å²) in [5.41, 5.74) is 7.12. The molecule has 0 saturated carbocycles. The van der Waals surface area contributed by atoms with Crippen LogP contribution in [0.1, 0.15) is 11.3 Å². The standard InChI is InChI=1S/C15H19N7O/c1-11-2-3-13(20-19-11)21-4-6-22(7-5-21)14(23)8-12-9-17-15(16)18-10-12/h2-3,9-10H,4-8H2,1H3,(H2,16,17,18). The summed E-state index contributed by atoms with van der Waals surface area (Å²) in [6, 6.07) is 3.91. The van der Waals surface area contributed by atoms with E-state index < -0.39 is 0 Å². The van der Waals surface area contributed by atoms with Crippen molar-refractivity contribution in [2.24, 2.45) is 0 Å². The fourth-order valence-corrected chi connectivity index (χ4v) is 2.49. The molecule has 1 aliphatic rings. The molecule has 3 rings (SSSR count). The Balaban J connectivity index is 1.54. The van der Waals surface area contributed by atoms with Crippen LogP contribution in [0.25, 0.3) is 0 Å². The summed E-state index contributed by atoms with van der Waals surface area (Å²) in [6.07, 6.45) is 3.49. The molecule has 0 unspecified atom stereocenters. The van der Waals surface area contributed by atoms with Crippen LogP contribution in [0.3, 0.4) is 0 Å². The van der Waals surface area contributed by atoms with Crippen LogP contribution in [0.15, 0.2) is 24.5 Å². The van der Waals surface area contributed by atoms with Crippen LogP contribution in [-0.4, -0.2) is 57.2 Å². The lowest BCUT2D eigenvalue weighted by molar-refractivity contribution is -0.130. The largest absolute Gasteiger partial charge is 0.368 e. The predicted octanol–water partition coefficient (Wildman–Crippen LogP) is 0.0485. The third-order valence-corrected chi connectivity index (χ3v) is 3.82. The Kier molecular flexibility index (Phi) is 4.31. The molecule has 8 nitrogen and oxygen atoms in total. The van der Waals surface area contributed by atoms with Gasteiger partial charge in [0, 0.05) is 38.6 Å². The highest BCUT2D eigenvalue weighted by Gasteiger charge is 2.22. The van der Waals surface area contributed by atoms with E-state index in [1.165, 1.54) is 0 Å². The summed E-state index contributed by atoms with van der Waals surface area (Å²) in [7, 11) is 0. The highest BCUT2D eigenvalue weighted by atomic mass is 16.2. The molecule has 23 heavy (non-hydrogen) atoms. The van der Waals surface area contributed by atoms with Gasteiger partial charge in [-0.25, -0.2) is 9.97 Å². The van der Waals surface area contributed by atoms with E-state index in [1.54, 1.807) is 12.4 Å². The first-order chi connectivity index (χ1) is 11.1. The van der Waals surface area contributed by atoms with E-state index in [-0.39, 0.29) is 11.9 Å². The molecule has 1 amide bonds. The average molecular weight is 313 g/mol. The topological polar surface area (TPSA) is 101 Å². The number of carbonyl (C=O) groups excluding carboxylic acids is 1. The van der Waals surface area contributed by atoms with E-state index in [2.05, 4.69) is 25.1 Å². The maximum absolute atomic E-state index is 12.3. The molecule has 2 N–H and O–H groups in total. The van der Waals surface area contributed by atoms with Gasteiger partial charge in [0.25, 0.3) is 0 Å². The molecule has 8 heteroatoms. The first kappa shape index (κ1) is 15.1. The minimum absolute atomic E-state index is 0.0769. The average Bonchev–Trinajstić information content (AvgIpc) is 2.58. The van der Waals surface area contributed by atoms with E-state index in [9.17, 15) is 4.79 Å². The van der Waals surface area contributed by atoms with Gasteiger partial charge in [0.05, 0.1) is 12.1 Å². The summed E-state index contributed by atoms with van der Waals surface area (Å²) in [4.78, 5) is 24.1. The number of nitrogen functional groups attached to an aromatic ring is 1. The summed E-state index contributed by atoms with van der Waals surface area (Å²) in [5.74, 6) is 1.15. The zero-order chi connectivity index (χ0) is 16.2. The van der Waals surface area contributed by atoms with Crippen molar-refractivity contribution in [1.82, 2.24) is 25.1 Å². The van der Waals surface area contributed by atoms with Crippen LogP contribution in [0.4, 0.5) is 11.8 Å². The minimum Gasteiger partial charge on any atom is -0.368 e. The Bertz CT molecular complexity index is 663. The molecule has 0 spiro atoms. The van der Waals surface area contributed by atoms with Crippen molar-refractivity contribution in [1.29, 1.82) is 0 Å². The SMILES string of the molecule is Cc1ccc(N2CCN(C(=O)Cc3cnc(N)nc3)CC2)nn1. The number of carbonyl (C=O) groups is 1.